The van der Waals surface area contributed by atoms with E-state index in [1.165, 1.54) is 0 Å². The molecular formula is C13H11N3O2. The fourth-order valence-corrected chi connectivity index (χ4v) is 2.03. The van der Waals surface area contributed by atoms with Crippen molar-refractivity contribution >= 4 is 21.7 Å². The molecule has 18 heavy (non-hydrogen) atoms. The van der Waals surface area contributed by atoms with Crippen LogP contribution in [0.3, 0.4) is 0 Å². The Bertz CT molecular complexity index is 780. The number of pyridine rings is 3. The zero-order valence-electron chi connectivity index (χ0n) is 9.80. The van der Waals surface area contributed by atoms with Crippen LogP contribution in [0.5, 0.6) is 5.88 Å². The van der Waals surface area contributed by atoms with Crippen LogP contribution in [0.15, 0.2) is 35.5 Å². The van der Waals surface area contributed by atoms with Crippen LogP contribution >= 0.6 is 0 Å². The summed E-state index contributed by atoms with van der Waals surface area (Å²) in [6.45, 7) is 2.38. The van der Waals surface area contributed by atoms with Gasteiger partial charge in [0.05, 0.1) is 22.9 Å². The molecule has 0 radical (unpaired) electrons. The monoisotopic (exact) mass is 241 g/mol. The number of nitrogens with one attached hydrogen (secondary N) is 1. The van der Waals surface area contributed by atoms with Crippen LogP contribution in [-0.2, 0) is 0 Å². The lowest BCUT2D eigenvalue weighted by molar-refractivity contribution is 0.331. The van der Waals surface area contributed by atoms with E-state index in [0.717, 1.165) is 10.9 Å². The van der Waals surface area contributed by atoms with E-state index in [9.17, 15) is 4.79 Å². The second-order valence-corrected chi connectivity index (χ2v) is 3.85. The van der Waals surface area contributed by atoms with Crippen molar-refractivity contribution in [3.63, 3.8) is 0 Å². The lowest BCUT2D eigenvalue weighted by Crippen LogP contribution is -2.08. The number of fused-ring (bicyclic) bond motifs is 3. The number of rotatable bonds is 2. The van der Waals surface area contributed by atoms with E-state index in [4.69, 9.17) is 4.74 Å². The third kappa shape index (κ3) is 1.52. The maximum atomic E-state index is 12.0. The largest absolute Gasteiger partial charge is 0.477 e. The molecule has 0 spiro atoms. The molecule has 0 aliphatic rings. The van der Waals surface area contributed by atoms with Gasteiger partial charge in [0, 0.05) is 24.0 Å². The summed E-state index contributed by atoms with van der Waals surface area (Å²) in [5.41, 5.74) is 0.587. The van der Waals surface area contributed by atoms with Crippen LogP contribution in [0.2, 0.25) is 0 Å². The van der Waals surface area contributed by atoms with Crippen molar-refractivity contribution in [3.05, 3.63) is 41.1 Å². The highest BCUT2D eigenvalue weighted by molar-refractivity contribution is 6.07. The van der Waals surface area contributed by atoms with Crippen LogP contribution in [0.1, 0.15) is 6.92 Å². The lowest BCUT2D eigenvalue weighted by atomic mass is 10.1. The number of hydrogen-bond donors (Lipinski definition) is 1. The SMILES string of the molecule is CCOc1nccc2c(=O)[nH]c3ccncc3c12. The molecule has 0 aliphatic heterocycles. The van der Waals surface area contributed by atoms with Crippen molar-refractivity contribution in [1.82, 2.24) is 15.0 Å². The van der Waals surface area contributed by atoms with E-state index in [1.54, 1.807) is 30.7 Å². The molecular weight excluding hydrogens is 230 g/mol. The van der Waals surface area contributed by atoms with E-state index in [1.807, 2.05) is 6.92 Å². The second-order valence-electron chi connectivity index (χ2n) is 3.85. The van der Waals surface area contributed by atoms with Gasteiger partial charge in [-0.25, -0.2) is 4.98 Å². The molecule has 0 bridgehead atoms. The van der Waals surface area contributed by atoms with Gasteiger partial charge in [-0.3, -0.25) is 9.78 Å². The van der Waals surface area contributed by atoms with Gasteiger partial charge < -0.3 is 9.72 Å². The van der Waals surface area contributed by atoms with Crippen LogP contribution in [-0.4, -0.2) is 21.6 Å². The van der Waals surface area contributed by atoms with Crippen LogP contribution in [0.25, 0.3) is 21.7 Å². The van der Waals surface area contributed by atoms with Gasteiger partial charge >= 0.3 is 0 Å². The van der Waals surface area contributed by atoms with Crippen LogP contribution in [0.4, 0.5) is 0 Å². The second kappa shape index (κ2) is 4.10. The molecule has 1 N–H and O–H groups in total. The molecule has 0 amide bonds. The van der Waals surface area contributed by atoms with Gasteiger partial charge in [-0.1, -0.05) is 0 Å². The number of hydrogen-bond acceptors (Lipinski definition) is 4. The Balaban J connectivity index is 2.55. The quantitative estimate of drug-likeness (QED) is 0.695. The fourth-order valence-electron chi connectivity index (χ4n) is 2.03. The lowest BCUT2D eigenvalue weighted by Gasteiger charge is -2.08. The summed E-state index contributed by atoms with van der Waals surface area (Å²) in [5.74, 6) is 0.471. The third-order valence-electron chi connectivity index (χ3n) is 2.78. The van der Waals surface area contributed by atoms with Crippen LogP contribution < -0.4 is 10.3 Å². The summed E-state index contributed by atoms with van der Waals surface area (Å²) >= 11 is 0. The van der Waals surface area contributed by atoms with Gasteiger partial charge in [0.1, 0.15) is 0 Å². The summed E-state index contributed by atoms with van der Waals surface area (Å²) in [6.07, 6.45) is 4.92. The molecule has 0 aromatic carbocycles. The molecule has 3 rings (SSSR count). The molecule has 5 nitrogen and oxygen atoms in total. The molecule has 0 saturated carbocycles. The molecule has 0 saturated heterocycles. The fraction of sp³-hybridized carbons (Fsp3) is 0.154. The predicted molar refractivity (Wildman–Crippen MR) is 68.8 cm³/mol. The normalized spacial score (nSPS) is 10.9. The highest BCUT2D eigenvalue weighted by Crippen LogP contribution is 2.27. The van der Waals surface area contributed by atoms with E-state index < -0.39 is 0 Å². The van der Waals surface area contributed by atoms with Gasteiger partial charge in [0.15, 0.2) is 0 Å². The summed E-state index contributed by atoms with van der Waals surface area (Å²) in [6, 6.07) is 3.45. The Labute approximate surface area is 102 Å². The molecule has 0 atom stereocenters. The third-order valence-corrected chi connectivity index (χ3v) is 2.78. The van der Waals surface area contributed by atoms with E-state index in [-0.39, 0.29) is 5.56 Å². The minimum Gasteiger partial charge on any atom is -0.477 e. The average Bonchev–Trinajstić information content (AvgIpc) is 2.40. The van der Waals surface area contributed by atoms with E-state index >= 15 is 0 Å². The minimum atomic E-state index is -0.146. The summed E-state index contributed by atoms with van der Waals surface area (Å²) in [7, 11) is 0. The van der Waals surface area contributed by atoms with Gasteiger partial charge in [-0.15, -0.1) is 0 Å². The predicted octanol–water partition coefficient (Wildman–Crippen LogP) is 1.87. The number of aromatic nitrogens is 3. The Morgan fingerprint density at radius 3 is 3.00 bits per heavy atom. The first-order valence-corrected chi connectivity index (χ1v) is 5.68. The molecule has 0 unspecified atom stereocenters. The molecule has 90 valence electrons. The van der Waals surface area contributed by atoms with E-state index in [2.05, 4.69) is 15.0 Å². The van der Waals surface area contributed by atoms with E-state index in [0.29, 0.717) is 23.3 Å². The highest BCUT2D eigenvalue weighted by atomic mass is 16.5. The molecule has 3 aromatic heterocycles. The maximum absolute atomic E-state index is 12.0. The standard InChI is InChI=1S/C13H11N3O2/c1-2-18-13-11-8(3-6-15-13)12(17)16-10-4-5-14-7-9(10)11/h3-7H,2H2,1H3,(H,16,17). The Kier molecular flexibility index (Phi) is 2.44. The van der Waals surface area contributed by atoms with Crippen LogP contribution in [0, 0.1) is 0 Å². The topological polar surface area (TPSA) is 67.9 Å². The van der Waals surface area contributed by atoms with Crippen molar-refractivity contribution in [1.29, 1.82) is 0 Å². The van der Waals surface area contributed by atoms with Gasteiger partial charge in [0.25, 0.3) is 5.56 Å². The molecule has 3 aromatic rings. The van der Waals surface area contributed by atoms with Crippen molar-refractivity contribution in [3.8, 4) is 5.88 Å². The van der Waals surface area contributed by atoms with Gasteiger partial charge in [-0.2, -0.15) is 0 Å². The van der Waals surface area contributed by atoms with Crippen molar-refractivity contribution < 1.29 is 4.74 Å². The first kappa shape index (κ1) is 10.7. The Hall–Kier alpha value is -2.43. The Morgan fingerprint density at radius 2 is 2.17 bits per heavy atom. The number of nitrogens with zero attached hydrogens (tertiary/aromatic N) is 2. The van der Waals surface area contributed by atoms with Crippen molar-refractivity contribution in [2.75, 3.05) is 6.61 Å². The van der Waals surface area contributed by atoms with Gasteiger partial charge in [-0.05, 0) is 19.1 Å². The summed E-state index contributed by atoms with van der Waals surface area (Å²) in [4.78, 5) is 23.1. The first-order valence-electron chi connectivity index (χ1n) is 5.68. The smallest absolute Gasteiger partial charge is 0.256 e. The minimum absolute atomic E-state index is 0.146. The van der Waals surface area contributed by atoms with Crippen molar-refractivity contribution in [2.24, 2.45) is 0 Å². The highest BCUT2D eigenvalue weighted by Gasteiger charge is 2.11. The molecule has 3 heterocycles. The Morgan fingerprint density at radius 1 is 1.28 bits per heavy atom. The zero-order valence-corrected chi connectivity index (χ0v) is 9.80. The molecule has 0 fully saturated rings. The zero-order chi connectivity index (χ0) is 12.5. The summed E-state index contributed by atoms with van der Waals surface area (Å²) in [5, 5.41) is 2.11. The maximum Gasteiger partial charge on any atom is 0.256 e. The number of aromatic amines is 1. The molecule has 0 aliphatic carbocycles. The molecule has 5 heteroatoms. The number of ether oxygens (including phenoxy) is 1. The summed E-state index contributed by atoms with van der Waals surface area (Å²) < 4.78 is 5.49. The first-order chi connectivity index (χ1) is 8.81. The van der Waals surface area contributed by atoms with Gasteiger partial charge in [0.2, 0.25) is 5.88 Å². The van der Waals surface area contributed by atoms with Crippen molar-refractivity contribution in [2.45, 2.75) is 6.92 Å². The average molecular weight is 241 g/mol. The number of H-pyrrole nitrogens is 1.